The first-order valence-corrected chi connectivity index (χ1v) is 10.5. The molecule has 0 aliphatic heterocycles. The zero-order valence-corrected chi connectivity index (χ0v) is 18.1. The van der Waals surface area contributed by atoms with Crippen molar-refractivity contribution in [2.75, 3.05) is 10.6 Å². The minimum atomic E-state index is -0.729. The van der Waals surface area contributed by atoms with Crippen molar-refractivity contribution in [1.29, 1.82) is 0 Å². The third kappa shape index (κ3) is 4.19. The van der Waals surface area contributed by atoms with Crippen molar-refractivity contribution >= 4 is 45.7 Å². The van der Waals surface area contributed by atoms with Gasteiger partial charge in [0.15, 0.2) is 5.82 Å². The number of carbonyl (C=O) groups is 2. The van der Waals surface area contributed by atoms with Crippen LogP contribution in [0, 0.1) is 0 Å². The maximum atomic E-state index is 13.0. The highest BCUT2D eigenvalue weighted by atomic mass is 35.5. The van der Waals surface area contributed by atoms with Crippen LogP contribution in [0.2, 0.25) is 5.02 Å². The molecule has 0 radical (unpaired) electrons. The van der Waals surface area contributed by atoms with Gasteiger partial charge in [0.25, 0.3) is 11.8 Å². The summed E-state index contributed by atoms with van der Waals surface area (Å²) in [4.78, 5) is 42.5. The molecular weight excluding hydrogens is 458 g/mol. The van der Waals surface area contributed by atoms with Crippen LogP contribution in [0.5, 0.6) is 0 Å². The molecule has 2 heterocycles. The number of nitrogens with one attached hydrogen (secondary N) is 4. The van der Waals surface area contributed by atoms with Gasteiger partial charge in [0, 0.05) is 21.5 Å². The number of fused-ring (bicyclic) bond motifs is 1. The van der Waals surface area contributed by atoms with Crippen LogP contribution in [0.15, 0.2) is 82.1 Å². The van der Waals surface area contributed by atoms with Gasteiger partial charge in [-0.05, 0) is 42.5 Å². The minimum absolute atomic E-state index is 0.130. The van der Waals surface area contributed by atoms with Gasteiger partial charge < -0.3 is 15.6 Å². The zero-order chi connectivity index (χ0) is 23.7. The summed E-state index contributed by atoms with van der Waals surface area (Å²) in [6.07, 6.45) is 0. The second-order valence-corrected chi connectivity index (χ2v) is 7.80. The highest BCUT2D eigenvalue weighted by Gasteiger charge is 2.17. The summed E-state index contributed by atoms with van der Waals surface area (Å²) in [6.45, 7) is 0. The van der Waals surface area contributed by atoms with Crippen molar-refractivity contribution in [3.8, 4) is 11.4 Å². The van der Waals surface area contributed by atoms with Gasteiger partial charge in [-0.2, -0.15) is 0 Å². The molecule has 0 unspecified atom stereocenters. The number of H-pyrrole nitrogens is 2. The minimum Gasteiger partial charge on any atom is -0.349 e. The second kappa shape index (κ2) is 8.72. The first kappa shape index (κ1) is 21.2. The fourth-order valence-electron chi connectivity index (χ4n) is 3.52. The number of amides is 2. The van der Waals surface area contributed by atoms with Crippen LogP contribution in [0.4, 0.5) is 11.4 Å². The van der Waals surface area contributed by atoms with Gasteiger partial charge in [0.1, 0.15) is 5.69 Å². The molecule has 2 amide bonds. The molecule has 34 heavy (non-hydrogen) atoms. The van der Waals surface area contributed by atoms with Crippen molar-refractivity contribution in [3.63, 3.8) is 0 Å². The summed E-state index contributed by atoms with van der Waals surface area (Å²) in [5.41, 5.74) is 2.69. The molecule has 5 rings (SSSR count). The van der Waals surface area contributed by atoms with E-state index in [1.54, 1.807) is 60.7 Å². The lowest BCUT2D eigenvalue weighted by Crippen LogP contribution is -2.13. The van der Waals surface area contributed by atoms with Crippen molar-refractivity contribution < 1.29 is 14.1 Å². The Hall–Kier alpha value is -4.63. The molecule has 9 nitrogen and oxygen atoms in total. The van der Waals surface area contributed by atoms with E-state index < -0.39 is 11.7 Å². The molecule has 2 aromatic heterocycles. The molecule has 10 heteroatoms. The van der Waals surface area contributed by atoms with E-state index in [9.17, 15) is 14.4 Å². The first-order valence-electron chi connectivity index (χ1n) is 10.1. The molecule has 4 N–H and O–H groups in total. The van der Waals surface area contributed by atoms with Crippen molar-refractivity contribution in [2.45, 2.75) is 0 Å². The number of hydrogen-bond donors (Lipinski definition) is 4. The van der Waals surface area contributed by atoms with Gasteiger partial charge in [-0.3, -0.25) is 19.1 Å². The number of aromatic amines is 2. The van der Waals surface area contributed by atoms with Crippen molar-refractivity contribution in [1.82, 2.24) is 15.1 Å². The molecule has 0 spiro atoms. The SMILES string of the molecule is O=C(Nc1cccc2cc(C(=O)Nc3ccc(Cl)cc3-c3noc(=O)[nH]3)[nH]c12)c1ccccc1. The molecule has 3 aromatic carbocycles. The number of aromatic nitrogens is 3. The van der Waals surface area contributed by atoms with Crippen LogP contribution in [-0.2, 0) is 0 Å². The Morgan fingerprint density at radius 3 is 2.41 bits per heavy atom. The van der Waals surface area contributed by atoms with Crippen LogP contribution in [-0.4, -0.2) is 26.9 Å². The molecule has 0 aliphatic rings. The van der Waals surface area contributed by atoms with Crippen LogP contribution in [0.1, 0.15) is 20.8 Å². The van der Waals surface area contributed by atoms with E-state index in [-0.39, 0.29) is 17.4 Å². The third-order valence-corrected chi connectivity index (χ3v) is 5.35. The van der Waals surface area contributed by atoms with E-state index in [4.69, 9.17) is 11.6 Å². The normalized spacial score (nSPS) is 10.9. The highest BCUT2D eigenvalue weighted by molar-refractivity contribution is 6.31. The number of rotatable bonds is 5. The number of para-hydroxylation sites is 1. The Kier molecular flexibility index (Phi) is 5.44. The fourth-order valence-corrected chi connectivity index (χ4v) is 3.70. The van der Waals surface area contributed by atoms with Gasteiger partial charge in [-0.25, -0.2) is 4.79 Å². The smallest absolute Gasteiger partial charge is 0.349 e. The third-order valence-electron chi connectivity index (χ3n) is 5.11. The molecule has 0 atom stereocenters. The summed E-state index contributed by atoms with van der Waals surface area (Å²) in [6, 6.07) is 20.6. The Morgan fingerprint density at radius 1 is 0.853 bits per heavy atom. The standard InChI is InChI=1S/C24H16ClN5O4/c25-15-9-10-17(16(12-15)21-29-24(33)34-30-21)27-23(32)19-11-14-7-4-8-18(20(14)26-19)28-22(31)13-5-2-1-3-6-13/h1-12,26H,(H,27,32)(H,28,31)(H,29,30,33). The Morgan fingerprint density at radius 2 is 1.65 bits per heavy atom. The second-order valence-electron chi connectivity index (χ2n) is 7.36. The predicted octanol–water partition coefficient (Wildman–Crippen LogP) is 4.67. The lowest BCUT2D eigenvalue weighted by Gasteiger charge is -2.09. The lowest BCUT2D eigenvalue weighted by atomic mass is 10.1. The largest absolute Gasteiger partial charge is 0.439 e. The monoisotopic (exact) mass is 473 g/mol. The van der Waals surface area contributed by atoms with Crippen LogP contribution >= 0.6 is 11.6 Å². The van der Waals surface area contributed by atoms with Crippen LogP contribution in [0.3, 0.4) is 0 Å². The Bertz CT molecular complexity index is 1590. The van der Waals surface area contributed by atoms with E-state index in [0.717, 1.165) is 5.39 Å². The summed E-state index contributed by atoms with van der Waals surface area (Å²) in [7, 11) is 0. The molecule has 0 saturated heterocycles. The van der Waals surface area contributed by atoms with Gasteiger partial charge in [0.05, 0.1) is 16.9 Å². The molecule has 0 bridgehead atoms. The summed E-state index contributed by atoms with van der Waals surface area (Å²) in [5.74, 6) is -1.30. The van der Waals surface area contributed by atoms with E-state index >= 15 is 0 Å². The summed E-state index contributed by atoms with van der Waals surface area (Å²) < 4.78 is 4.56. The van der Waals surface area contributed by atoms with E-state index in [2.05, 4.69) is 30.3 Å². The summed E-state index contributed by atoms with van der Waals surface area (Å²) >= 11 is 6.08. The average Bonchev–Trinajstić information content (AvgIpc) is 3.48. The Labute approximate surface area is 196 Å². The van der Waals surface area contributed by atoms with Gasteiger partial charge in [0.2, 0.25) is 0 Å². The molecule has 0 fully saturated rings. The van der Waals surface area contributed by atoms with Crippen LogP contribution < -0.4 is 16.4 Å². The maximum absolute atomic E-state index is 13.0. The number of anilines is 2. The van der Waals surface area contributed by atoms with Crippen molar-refractivity contribution in [3.05, 3.63) is 99.6 Å². The topological polar surface area (TPSA) is 133 Å². The number of halogens is 1. The van der Waals surface area contributed by atoms with Crippen molar-refractivity contribution in [2.24, 2.45) is 0 Å². The first-order chi connectivity index (χ1) is 16.5. The number of nitrogens with zero attached hydrogens (tertiary/aromatic N) is 1. The summed E-state index contributed by atoms with van der Waals surface area (Å²) in [5, 5.41) is 10.5. The van der Waals surface area contributed by atoms with E-state index in [0.29, 0.717) is 33.0 Å². The van der Waals surface area contributed by atoms with E-state index in [1.165, 1.54) is 0 Å². The molecule has 168 valence electrons. The quantitative estimate of drug-likeness (QED) is 0.294. The zero-order valence-electron chi connectivity index (χ0n) is 17.4. The average molecular weight is 474 g/mol. The molecule has 0 saturated carbocycles. The number of benzene rings is 3. The van der Waals surface area contributed by atoms with Gasteiger partial charge in [-0.15, -0.1) is 0 Å². The Balaban J connectivity index is 1.44. The molecule has 5 aromatic rings. The number of carbonyl (C=O) groups excluding carboxylic acids is 2. The van der Waals surface area contributed by atoms with Gasteiger partial charge in [-0.1, -0.05) is 47.1 Å². The lowest BCUT2D eigenvalue weighted by molar-refractivity contribution is 0.101. The predicted molar refractivity (Wildman–Crippen MR) is 128 cm³/mol. The van der Waals surface area contributed by atoms with Gasteiger partial charge >= 0.3 is 5.76 Å². The highest BCUT2D eigenvalue weighted by Crippen LogP contribution is 2.29. The fraction of sp³-hybridized carbons (Fsp3) is 0. The maximum Gasteiger partial charge on any atom is 0.439 e. The van der Waals surface area contributed by atoms with E-state index in [1.807, 2.05) is 12.1 Å². The van der Waals surface area contributed by atoms with Crippen LogP contribution in [0.25, 0.3) is 22.3 Å². The molecule has 0 aliphatic carbocycles. The molecular formula is C24H16ClN5O4. The number of hydrogen-bond acceptors (Lipinski definition) is 5.